The molecule has 3 nitrogen and oxygen atoms in total. The summed E-state index contributed by atoms with van der Waals surface area (Å²) in [5.41, 5.74) is 0.157. The van der Waals surface area contributed by atoms with Crippen LogP contribution in [0, 0.1) is 0 Å². The average Bonchev–Trinajstić information content (AvgIpc) is 2.44. The third kappa shape index (κ3) is 3.07. The molecule has 1 aliphatic rings. The molecule has 1 atom stereocenters. The summed E-state index contributed by atoms with van der Waals surface area (Å²) in [7, 11) is 0. The van der Waals surface area contributed by atoms with Gasteiger partial charge in [-0.25, -0.2) is 0 Å². The van der Waals surface area contributed by atoms with Crippen LogP contribution in [0.25, 0.3) is 0 Å². The molecule has 0 spiro atoms. The Bertz CT molecular complexity index is 519. The monoisotopic (exact) mass is 306 g/mol. The molecule has 1 unspecified atom stereocenters. The Morgan fingerprint density at radius 3 is 2.75 bits per heavy atom. The Balaban J connectivity index is 2.56. The van der Waals surface area contributed by atoms with Crippen LogP contribution in [0.5, 0.6) is 0 Å². The minimum Gasteiger partial charge on any atom is -0.325 e. The molecule has 1 aliphatic heterocycles. The third-order valence-electron chi connectivity index (χ3n) is 3.12. The SMILES string of the molecule is CCCN1CC(=O)Nc2ccc(Cl)cc2C1C(F)(F)F. The molecule has 0 aromatic heterocycles. The third-order valence-corrected chi connectivity index (χ3v) is 3.35. The number of carbonyl (C=O) groups is 1. The van der Waals surface area contributed by atoms with Crippen LogP contribution in [0.3, 0.4) is 0 Å². The maximum atomic E-state index is 13.4. The smallest absolute Gasteiger partial charge is 0.325 e. The Morgan fingerprint density at radius 1 is 1.45 bits per heavy atom. The molecule has 0 bridgehead atoms. The molecule has 0 saturated carbocycles. The topological polar surface area (TPSA) is 32.3 Å². The largest absolute Gasteiger partial charge is 0.408 e. The fourth-order valence-electron chi connectivity index (χ4n) is 2.41. The Labute approximate surface area is 119 Å². The van der Waals surface area contributed by atoms with Crippen LogP contribution in [0.2, 0.25) is 5.02 Å². The summed E-state index contributed by atoms with van der Waals surface area (Å²) in [5, 5.41) is 2.71. The van der Waals surface area contributed by atoms with E-state index in [0.717, 1.165) is 4.90 Å². The zero-order valence-corrected chi connectivity index (χ0v) is 11.6. The number of benzene rings is 1. The van der Waals surface area contributed by atoms with Gasteiger partial charge in [0.2, 0.25) is 5.91 Å². The van der Waals surface area contributed by atoms with E-state index >= 15 is 0 Å². The van der Waals surface area contributed by atoms with Crippen molar-refractivity contribution in [2.75, 3.05) is 18.4 Å². The summed E-state index contributed by atoms with van der Waals surface area (Å²) in [5.74, 6) is -0.450. The van der Waals surface area contributed by atoms with Crippen LogP contribution in [-0.2, 0) is 4.79 Å². The molecule has 0 fully saturated rings. The van der Waals surface area contributed by atoms with Crippen LogP contribution >= 0.6 is 11.6 Å². The molecular weight excluding hydrogens is 293 g/mol. The van der Waals surface area contributed by atoms with Crippen molar-refractivity contribution in [2.45, 2.75) is 25.6 Å². The molecule has 7 heteroatoms. The molecule has 1 heterocycles. The number of hydrogen-bond donors (Lipinski definition) is 1. The molecule has 1 N–H and O–H groups in total. The zero-order chi connectivity index (χ0) is 14.9. The van der Waals surface area contributed by atoms with Gasteiger partial charge >= 0.3 is 6.18 Å². The number of amides is 1. The van der Waals surface area contributed by atoms with E-state index in [-0.39, 0.29) is 29.4 Å². The highest BCUT2D eigenvalue weighted by molar-refractivity contribution is 6.30. The van der Waals surface area contributed by atoms with Crippen molar-refractivity contribution in [3.05, 3.63) is 28.8 Å². The number of alkyl halides is 3. The second-order valence-corrected chi connectivity index (χ2v) is 5.13. The Morgan fingerprint density at radius 2 is 2.15 bits per heavy atom. The fraction of sp³-hybridized carbons (Fsp3) is 0.462. The van der Waals surface area contributed by atoms with Crippen molar-refractivity contribution < 1.29 is 18.0 Å². The summed E-state index contributed by atoms with van der Waals surface area (Å²) >= 11 is 5.81. The highest BCUT2D eigenvalue weighted by Crippen LogP contribution is 2.42. The number of halogens is 4. The van der Waals surface area contributed by atoms with Crippen molar-refractivity contribution in [3.8, 4) is 0 Å². The number of carbonyl (C=O) groups excluding carboxylic acids is 1. The van der Waals surface area contributed by atoms with Gasteiger partial charge in [-0.15, -0.1) is 0 Å². The molecule has 1 aromatic carbocycles. The van der Waals surface area contributed by atoms with Crippen molar-refractivity contribution in [1.29, 1.82) is 0 Å². The summed E-state index contributed by atoms with van der Waals surface area (Å²) in [4.78, 5) is 12.9. The van der Waals surface area contributed by atoms with E-state index in [1.54, 1.807) is 6.92 Å². The van der Waals surface area contributed by atoms with E-state index in [9.17, 15) is 18.0 Å². The van der Waals surface area contributed by atoms with Crippen LogP contribution < -0.4 is 5.32 Å². The van der Waals surface area contributed by atoms with E-state index in [1.165, 1.54) is 18.2 Å². The lowest BCUT2D eigenvalue weighted by Gasteiger charge is -2.31. The standard InChI is InChI=1S/C13H14ClF3N2O/c1-2-5-19-7-11(20)18-10-4-3-8(14)6-9(10)12(19)13(15,16)17/h3-4,6,12H,2,5,7H2,1H3,(H,18,20). The van der Waals surface area contributed by atoms with Gasteiger partial charge in [0, 0.05) is 16.3 Å². The highest BCUT2D eigenvalue weighted by Gasteiger charge is 2.47. The number of nitrogens with zero attached hydrogens (tertiary/aromatic N) is 1. The van der Waals surface area contributed by atoms with Gasteiger partial charge in [0.1, 0.15) is 6.04 Å². The number of anilines is 1. The number of rotatable bonds is 2. The summed E-state index contributed by atoms with van der Waals surface area (Å²) in [6, 6.07) is 2.31. The van der Waals surface area contributed by atoms with E-state index < -0.39 is 18.1 Å². The maximum absolute atomic E-state index is 13.4. The fourth-order valence-corrected chi connectivity index (χ4v) is 2.60. The van der Waals surface area contributed by atoms with Gasteiger partial charge in [0.25, 0.3) is 0 Å². The lowest BCUT2D eigenvalue weighted by Crippen LogP contribution is -2.40. The molecule has 0 aliphatic carbocycles. The first kappa shape index (κ1) is 15.1. The minimum absolute atomic E-state index is 0.00991. The van der Waals surface area contributed by atoms with Gasteiger partial charge in [-0.2, -0.15) is 13.2 Å². The quantitative estimate of drug-likeness (QED) is 0.905. The summed E-state index contributed by atoms with van der Waals surface area (Å²) < 4.78 is 40.2. The lowest BCUT2D eigenvalue weighted by atomic mass is 10.0. The molecule has 2 rings (SSSR count). The normalized spacial score (nSPS) is 20.2. The number of hydrogen-bond acceptors (Lipinski definition) is 2. The molecule has 0 saturated heterocycles. The van der Waals surface area contributed by atoms with E-state index in [2.05, 4.69) is 5.32 Å². The maximum Gasteiger partial charge on any atom is 0.408 e. The highest BCUT2D eigenvalue weighted by atomic mass is 35.5. The van der Waals surface area contributed by atoms with Gasteiger partial charge in [-0.1, -0.05) is 18.5 Å². The van der Waals surface area contributed by atoms with Crippen molar-refractivity contribution in [1.82, 2.24) is 4.90 Å². The lowest BCUT2D eigenvalue weighted by molar-refractivity contribution is -0.186. The minimum atomic E-state index is -4.47. The first-order valence-electron chi connectivity index (χ1n) is 6.23. The summed E-state index contributed by atoms with van der Waals surface area (Å²) in [6.07, 6.45) is -3.95. The van der Waals surface area contributed by atoms with Crippen LogP contribution in [-0.4, -0.2) is 30.1 Å². The van der Waals surface area contributed by atoms with Crippen molar-refractivity contribution >= 4 is 23.2 Å². The molecule has 0 radical (unpaired) electrons. The molecule has 1 amide bonds. The molecular formula is C13H14ClF3N2O. The van der Waals surface area contributed by atoms with Crippen LogP contribution in [0.15, 0.2) is 18.2 Å². The molecule has 110 valence electrons. The Hall–Kier alpha value is -1.27. The van der Waals surface area contributed by atoms with Gasteiger partial charge in [-0.3, -0.25) is 9.69 Å². The number of nitrogens with one attached hydrogen (secondary N) is 1. The Kier molecular flexibility index (Phi) is 4.25. The second-order valence-electron chi connectivity index (χ2n) is 4.69. The zero-order valence-electron chi connectivity index (χ0n) is 10.8. The van der Waals surface area contributed by atoms with Gasteiger partial charge in [0.15, 0.2) is 0 Å². The first-order valence-corrected chi connectivity index (χ1v) is 6.60. The van der Waals surface area contributed by atoms with E-state index in [1.807, 2.05) is 0 Å². The van der Waals surface area contributed by atoms with E-state index in [0.29, 0.717) is 6.42 Å². The predicted molar refractivity (Wildman–Crippen MR) is 70.7 cm³/mol. The van der Waals surface area contributed by atoms with Gasteiger partial charge in [-0.05, 0) is 31.2 Å². The van der Waals surface area contributed by atoms with E-state index in [4.69, 9.17) is 11.6 Å². The van der Waals surface area contributed by atoms with Crippen molar-refractivity contribution in [3.63, 3.8) is 0 Å². The van der Waals surface area contributed by atoms with Gasteiger partial charge in [0.05, 0.1) is 6.54 Å². The first-order chi connectivity index (χ1) is 9.32. The van der Waals surface area contributed by atoms with Gasteiger partial charge < -0.3 is 5.32 Å². The van der Waals surface area contributed by atoms with Crippen LogP contribution in [0.1, 0.15) is 24.9 Å². The predicted octanol–water partition coefficient (Wildman–Crippen LogP) is 3.61. The van der Waals surface area contributed by atoms with Crippen LogP contribution in [0.4, 0.5) is 18.9 Å². The average molecular weight is 307 g/mol. The molecule has 20 heavy (non-hydrogen) atoms. The molecule has 1 aromatic rings. The number of fused-ring (bicyclic) bond motifs is 1. The summed E-state index contributed by atoms with van der Waals surface area (Å²) in [6.45, 7) is 1.67. The van der Waals surface area contributed by atoms with Crippen molar-refractivity contribution in [2.24, 2.45) is 0 Å². The second kappa shape index (κ2) is 5.61.